The van der Waals surface area contributed by atoms with Gasteiger partial charge in [0.05, 0.1) is 6.61 Å². The third-order valence-corrected chi connectivity index (χ3v) is 3.13. The molecule has 0 bridgehead atoms. The Morgan fingerprint density at radius 3 is 2.87 bits per heavy atom. The Bertz CT molecular complexity index is 347. The number of benzene rings is 1. The first-order valence-electron chi connectivity index (χ1n) is 5.34. The first-order chi connectivity index (χ1) is 7.16. The first-order valence-corrected chi connectivity index (χ1v) is 6.14. The van der Waals surface area contributed by atoms with Gasteiger partial charge in [-0.3, -0.25) is 0 Å². The van der Waals surface area contributed by atoms with E-state index in [4.69, 9.17) is 10.5 Å². The van der Waals surface area contributed by atoms with Crippen molar-refractivity contribution >= 4 is 15.9 Å². The molecule has 1 aromatic rings. The molecule has 0 spiro atoms. The number of rotatable bonds is 4. The molecule has 82 valence electrons. The zero-order chi connectivity index (χ0) is 10.8. The van der Waals surface area contributed by atoms with Crippen LogP contribution in [0.2, 0.25) is 0 Å². The Morgan fingerprint density at radius 1 is 1.53 bits per heavy atom. The minimum absolute atomic E-state index is 0.0108. The Morgan fingerprint density at radius 2 is 2.27 bits per heavy atom. The van der Waals surface area contributed by atoms with Crippen LogP contribution in [-0.4, -0.2) is 6.61 Å². The van der Waals surface area contributed by atoms with Crippen molar-refractivity contribution < 1.29 is 4.74 Å². The molecule has 3 heteroatoms. The fourth-order valence-corrected chi connectivity index (χ4v) is 1.88. The maximum absolute atomic E-state index is 5.90. The van der Waals surface area contributed by atoms with Gasteiger partial charge in [-0.1, -0.05) is 15.9 Å². The number of hydrogen-bond donors (Lipinski definition) is 1. The molecule has 2 N–H and O–H groups in total. The Kier molecular flexibility index (Phi) is 3.32. The largest absolute Gasteiger partial charge is 0.493 e. The monoisotopic (exact) mass is 269 g/mol. The summed E-state index contributed by atoms with van der Waals surface area (Å²) < 4.78 is 6.83. The Balaban J connectivity index is 2.12. The molecule has 2 nitrogen and oxygen atoms in total. The van der Waals surface area contributed by atoms with Crippen molar-refractivity contribution in [1.29, 1.82) is 0 Å². The van der Waals surface area contributed by atoms with Gasteiger partial charge in [0.1, 0.15) is 5.75 Å². The summed E-state index contributed by atoms with van der Waals surface area (Å²) in [7, 11) is 0. The lowest BCUT2D eigenvalue weighted by atomic mass is 10.1. The first kappa shape index (κ1) is 11.0. The predicted molar refractivity (Wildman–Crippen MR) is 65.0 cm³/mol. The van der Waals surface area contributed by atoms with E-state index in [-0.39, 0.29) is 6.04 Å². The summed E-state index contributed by atoms with van der Waals surface area (Å²) in [5.41, 5.74) is 6.98. The van der Waals surface area contributed by atoms with E-state index in [0.29, 0.717) is 0 Å². The molecule has 0 amide bonds. The molecular weight excluding hydrogens is 254 g/mol. The second-order valence-electron chi connectivity index (χ2n) is 4.23. The Hall–Kier alpha value is -0.540. The minimum atomic E-state index is 0.0108. The molecule has 0 heterocycles. The van der Waals surface area contributed by atoms with Gasteiger partial charge in [0.25, 0.3) is 0 Å². The molecular formula is C12H16BrNO. The van der Waals surface area contributed by atoms with Gasteiger partial charge in [0.2, 0.25) is 0 Å². The molecule has 0 aromatic heterocycles. The van der Waals surface area contributed by atoms with Crippen LogP contribution in [0, 0.1) is 5.92 Å². The molecule has 0 radical (unpaired) electrons. The molecule has 0 saturated heterocycles. The molecule has 0 aliphatic heterocycles. The maximum atomic E-state index is 5.90. The van der Waals surface area contributed by atoms with E-state index in [2.05, 4.69) is 15.9 Å². The summed E-state index contributed by atoms with van der Waals surface area (Å²) >= 11 is 3.45. The standard InChI is InChI=1S/C12H16BrNO/c1-8(14)11-6-10(13)4-5-12(11)15-7-9-2-3-9/h4-6,8-9H,2-3,7,14H2,1H3/t8-/m0/s1. The third-order valence-electron chi connectivity index (χ3n) is 2.63. The Labute approximate surface area is 98.9 Å². The van der Waals surface area contributed by atoms with Crippen LogP contribution < -0.4 is 10.5 Å². The lowest BCUT2D eigenvalue weighted by molar-refractivity contribution is 0.295. The van der Waals surface area contributed by atoms with E-state index in [1.165, 1.54) is 12.8 Å². The zero-order valence-corrected chi connectivity index (χ0v) is 10.5. The molecule has 1 fully saturated rings. The van der Waals surface area contributed by atoms with Gasteiger partial charge in [-0.15, -0.1) is 0 Å². The number of nitrogens with two attached hydrogens (primary N) is 1. The molecule has 15 heavy (non-hydrogen) atoms. The fraction of sp³-hybridized carbons (Fsp3) is 0.500. The lowest BCUT2D eigenvalue weighted by Gasteiger charge is -2.14. The zero-order valence-electron chi connectivity index (χ0n) is 8.87. The third kappa shape index (κ3) is 2.95. The highest BCUT2D eigenvalue weighted by molar-refractivity contribution is 9.10. The average Bonchev–Trinajstić information content (AvgIpc) is 2.99. The van der Waals surface area contributed by atoms with Gasteiger partial charge < -0.3 is 10.5 Å². The molecule has 1 aromatic carbocycles. The van der Waals surface area contributed by atoms with Crippen LogP contribution in [0.4, 0.5) is 0 Å². The highest BCUT2D eigenvalue weighted by atomic mass is 79.9. The summed E-state index contributed by atoms with van der Waals surface area (Å²) in [6.07, 6.45) is 2.62. The van der Waals surface area contributed by atoms with Crippen molar-refractivity contribution in [2.24, 2.45) is 11.7 Å². The van der Waals surface area contributed by atoms with Crippen LogP contribution in [0.3, 0.4) is 0 Å². The van der Waals surface area contributed by atoms with Crippen LogP contribution in [0.25, 0.3) is 0 Å². The molecule has 1 atom stereocenters. The summed E-state index contributed by atoms with van der Waals surface area (Å²) in [6, 6.07) is 6.03. The highest BCUT2D eigenvalue weighted by Gasteiger charge is 2.22. The van der Waals surface area contributed by atoms with E-state index >= 15 is 0 Å². The van der Waals surface area contributed by atoms with Gasteiger partial charge in [0.15, 0.2) is 0 Å². The van der Waals surface area contributed by atoms with Crippen molar-refractivity contribution in [3.05, 3.63) is 28.2 Å². The molecule has 1 aliphatic carbocycles. The SMILES string of the molecule is C[C@H](N)c1cc(Br)ccc1OCC1CC1. The van der Waals surface area contributed by atoms with Crippen molar-refractivity contribution in [1.82, 2.24) is 0 Å². The van der Waals surface area contributed by atoms with Crippen LogP contribution in [0.1, 0.15) is 31.4 Å². The smallest absolute Gasteiger partial charge is 0.124 e. The quantitative estimate of drug-likeness (QED) is 0.911. The van der Waals surface area contributed by atoms with Crippen molar-refractivity contribution in [3.8, 4) is 5.75 Å². The van der Waals surface area contributed by atoms with E-state index in [9.17, 15) is 0 Å². The summed E-state index contributed by atoms with van der Waals surface area (Å²) in [6.45, 7) is 2.81. The van der Waals surface area contributed by atoms with E-state index in [0.717, 1.165) is 28.3 Å². The van der Waals surface area contributed by atoms with E-state index in [1.54, 1.807) is 0 Å². The molecule has 1 saturated carbocycles. The molecule has 0 unspecified atom stereocenters. The van der Waals surface area contributed by atoms with E-state index < -0.39 is 0 Å². The maximum Gasteiger partial charge on any atom is 0.124 e. The van der Waals surface area contributed by atoms with Crippen LogP contribution >= 0.6 is 15.9 Å². The predicted octanol–water partition coefficient (Wildman–Crippen LogP) is 3.26. The fourth-order valence-electron chi connectivity index (χ4n) is 1.50. The molecule has 2 rings (SSSR count). The number of hydrogen-bond acceptors (Lipinski definition) is 2. The van der Waals surface area contributed by atoms with Gasteiger partial charge in [0, 0.05) is 16.1 Å². The molecule has 1 aliphatic rings. The van der Waals surface area contributed by atoms with Crippen LogP contribution in [0.15, 0.2) is 22.7 Å². The van der Waals surface area contributed by atoms with Crippen LogP contribution in [0.5, 0.6) is 5.75 Å². The lowest BCUT2D eigenvalue weighted by Crippen LogP contribution is -2.09. The number of halogens is 1. The summed E-state index contributed by atoms with van der Waals surface area (Å²) in [4.78, 5) is 0. The van der Waals surface area contributed by atoms with Gasteiger partial charge in [-0.2, -0.15) is 0 Å². The second kappa shape index (κ2) is 4.54. The minimum Gasteiger partial charge on any atom is -0.493 e. The van der Waals surface area contributed by atoms with Gasteiger partial charge in [-0.25, -0.2) is 0 Å². The van der Waals surface area contributed by atoms with Crippen LogP contribution in [-0.2, 0) is 0 Å². The van der Waals surface area contributed by atoms with Crippen molar-refractivity contribution in [3.63, 3.8) is 0 Å². The average molecular weight is 270 g/mol. The van der Waals surface area contributed by atoms with Gasteiger partial charge in [-0.05, 0) is 43.9 Å². The highest BCUT2D eigenvalue weighted by Crippen LogP contribution is 2.32. The van der Waals surface area contributed by atoms with Crippen molar-refractivity contribution in [2.45, 2.75) is 25.8 Å². The normalized spacial score (nSPS) is 17.5. The van der Waals surface area contributed by atoms with Crippen molar-refractivity contribution in [2.75, 3.05) is 6.61 Å². The van der Waals surface area contributed by atoms with E-state index in [1.807, 2.05) is 25.1 Å². The summed E-state index contributed by atoms with van der Waals surface area (Å²) in [5.74, 6) is 1.70. The number of ether oxygens (including phenoxy) is 1. The second-order valence-corrected chi connectivity index (χ2v) is 5.14. The van der Waals surface area contributed by atoms with Gasteiger partial charge >= 0.3 is 0 Å². The topological polar surface area (TPSA) is 35.2 Å². The summed E-state index contributed by atoms with van der Waals surface area (Å²) in [5, 5.41) is 0.